The lowest BCUT2D eigenvalue weighted by Gasteiger charge is -2.21. The van der Waals surface area contributed by atoms with E-state index in [0.717, 1.165) is 0 Å². The molecule has 9 heteroatoms. The molecular formula is C16H23ClF2N4O2. The Morgan fingerprint density at radius 2 is 2.00 bits per heavy atom. The van der Waals surface area contributed by atoms with Crippen LogP contribution >= 0.6 is 11.6 Å². The van der Waals surface area contributed by atoms with E-state index in [9.17, 15) is 13.6 Å². The molecule has 6 nitrogen and oxygen atoms in total. The number of nitrogens with zero attached hydrogens (tertiary/aromatic N) is 1. The first-order chi connectivity index (χ1) is 11.6. The number of guanidine groups is 1. The fraction of sp³-hybridized carbons (Fsp3) is 0.500. The molecule has 3 N–H and O–H groups in total. The molecule has 0 atom stereocenters. The number of amides is 1. The molecule has 0 aliphatic rings. The number of nitrogens with one attached hydrogen (secondary N) is 3. The van der Waals surface area contributed by atoms with Crippen LogP contribution in [0.1, 0.15) is 26.3 Å². The van der Waals surface area contributed by atoms with Gasteiger partial charge in [-0.25, -0.2) is 0 Å². The fourth-order valence-electron chi connectivity index (χ4n) is 1.92. The van der Waals surface area contributed by atoms with Crippen LogP contribution in [0.4, 0.5) is 8.78 Å². The summed E-state index contributed by atoms with van der Waals surface area (Å²) in [5.41, 5.74) is 0.104. The zero-order valence-corrected chi connectivity index (χ0v) is 15.4. The Labute approximate surface area is 151 Å². The number of ether oxygens (including phenoxy) is 1. The molecule has 1 amide bonds. The Bertz CT molecular complexity index is 619. The summed E-state index contributed by atoms with van der Waals surface area (Å²) in [6.45, 7) is 2.86. The monoisotopic (exact) mass is 376 g/mol. The first-order valence-electron chi connectivity index (χ1n) is 7.59. The molecule has 0 fully saturated rings. The minimum Gasteiger partial charge on any atom is -0.434 e. The van der Waals surface area contributed by atoms with Gasteiger partial charge < -0.3 is 20.7 Å². The highest BCUT2D eigenvalue weighted by Crippen LogP contribution is 2.24. The maximum Gasteiger partial charge on any atom is 0.387 e. The molecule has 0 unspecified atom stereocenters. The summed E-state index contributed by atoms with van der Waals surface area (Å²) in [6, 6.07) is 4.36. The van der Waals surface area contributed by atoms with Crippen molar-refractivity contribution in [2.45, 2.75) is 39.5 Å². The lowest BCUT2D eigenvalue weighted by Crippen LogP contribution is -2.48. The van der Waals surface area contributed by atoms with Gasteiger partial charge in [-0.2, -0.15) is 8.78 Å². The van der Waals surface area contributed by atoms with Gasteiger partial charge in [0.2, 0.25) is 5.91 Å². The van der Waals surface area contributed by atoms with Crippen LogP contribution in [0.3, 0.4) is 0 Å². The number of rotatable bonds is 6. The largest absolute Gasteiger partial charge is 0.434 e. The predicted octanol–water partition coefficient (Wildman–Crippen LogP) is 2.52. The van der Waals surface area contributed by atoms with E-state index < -0.39 is 6.61 Å². The van der Waals surface area contributed by atoms with Crippen LogP contribution in [0.25, 0.3) is 0 Å². The number of carbonyl (C=O) groups is 1. The van der Waals surface area contributed by atoms with Crippen LogP contribution in [0, 0.1) is 0 Å². The van der Waals surface area contributed by atoms with Gasteiger partial charge in [-0.05, 0) is 39.0 Å². The van der Waals surface area contributed by atoms with E-state index in [1.165, 1.54) is 25.2 Å². The summed E-state index contributed by atoms with van der Waals surface area (Å²) in [5, 5.41) is 8.96. The average molecular weight is 377 g/mol. The number of hydrogen-bond donors (Lipinski definition) is 3. The van der Waals surface area contributed by atoms with E-state index in [2.05, 4.69) is 25.7 Å². The summed E-state index contributed by atoms with van der Waals surface area (Å²) in [6.07, 6.45) is 0. The highest BCUT2D eigenvalue weighted by molar-refractivity contribution is 6.30. The maximum absolute atomic E-state index is 12.5. The Kier molecular flexibility index (Phi) is 7.89. The third kappa shape index (κ3) is 8.53. The second-order valence-corrected chi connectivity index (χ2v) is 6.64. The molecular weight excluding hydrogens is 354 g/mol. The van der Waals surface area contributed by atoms with Crippen LogP contribution < -0.4 is 20.7 Å². The number of halogens is 3. The van der Waals surface area contributed by atoms with Crippen molar-refractivity contribution in [2.24, 2.45) is 4.99 Å². The third-order valence-electron chi connectivity index (χ3n) is 2.84. The van der Waals surface area contributed by atoms with Gasteiger partial charge in [0.15, 0.2) is 5.96 Å². The van der Waals surface area contributed by atoms with Gasteiger partial charge in [0.25, 0.3) is 0 Å². The van der Waals surface area contributed by atoms with E-state index in [1.54, 1.807) is 0 Å². The van der Waals surface area contributed by atoms with E-state index >= 15 is 0 Å². The molecule has 0 aromatic heterocycles. The molecule has 0 spiro atoms. The van der Waals surface area contributed by atoms with Crippen molar-refractivity contribution in [3.05, 3.63) is 28.8 Å². The Balaban J connectivity index is 2.63. The number of hydrogen-bond acceptors (Lipinski definition) is 3. The quantitative estimate of drug-likeness (QED) is 0.527. The summed E-state index contributed by atoms with van der Waals surface area (Å²) < 4.78 is 29.4. The van der Waals surface area contributed by atoms with Gasteiger partial charge in [-0.3, -0.25) is 9.79 Å². The van der Waals surface area contributed by atoms with Gasteiger partial charge in [0.1, 0.15) is 5.75 Å². The number of carbonyl (C=O) groups excluding carboxylic acids is 1. The van der Waals surface area contributed by atoms with Gasteiger partial charge in [-0.1, -0.05) is 11.6 Å². The molecule has 1 aromatic carbocycles. The van der Waals surface area contributed by atoms with Crippen molar-refractivity contribution in [1.29, 1.82) is 0 Å². The first-order valence-corrected chi connectivity index (χ1v) is 7.97. The van der Waals surface area contributed by atoms with Crippen molar-refractivity contribution in [3.8, 4) is 5.75 Å². The summed E-state index contributed by atoms with van der Waals surface area (Å²) in [4.78, 5) is 15.8. The Morgan fingerprint density at radius 1 is 1.32 bits per heavy atom. The maximum atomic E-state index is 12.5. The van der Waals surface area contributed by atoms with Gasteiger partial charge in [-0.15, -0.1) is 0 Å². The third-order valence-corrected chi connectivity index (χ3v) is 3.07. The molecule has 25 heavy (non-hydrogen) atoms. The zero-order chi connectivity index (χ0) is 19.0. The Morgan fingerprint density at radius 3 is 2.56 bits per heavy atom. The molecule has 0 radical (unpaired) electrons. The molecule has 0 saturated carbocycles. The van der Waals surface area contributed by atoms with E-state index in [-0.39, 0.29) is 30.3 Å². The summed E-state index contributed by atoms with van der Waals surface area (Å²) in [5.74, 6) is 0.166. The summed E-state index contributed by atoms with van der Waals surface area (Å²) in [7, 11) is 1.53. The smallest absolute Gasteiger partial charge is 0.387 e. The van der Waals surface area contributed by atoms with Gasteiger partial charge in [0.05, 0.1) is 6.54 Å². The second-order valence-electron chi connectivity index (χ2n) is 6.21. The van der Waals surface area contributed by atoms with Crippen LogP contribution in [0.5, 0.6) is 5.75 Å². The SMILES string of the molecule is CN=C(NCC(=O)NC(C)(C)C)NCc1cc(Cl)ccc1OC(F)F. The van der Waals surface area contributed by atoms with E-state index in [1.807, 2.05) is 20.8 Å². The van der Waals surface area contributed by atoms with Crippen LogP contribution in [-0.4, -0.2) is 37.6 Å². The molecule has 140 valence electrons. The Hall–Kier alpha value is -2.09. The second kappa shape index (κ2) is 9.41. The van der Waals surface area contributed by atoms with Crippen molar-refractivity contribution < 1.29 is 18.3 Å². The van der Waals surface area contributed by atoms with Crippen molar-refractivity contribution in [3.63, 3.8) is 0 Å². The number of alkyl halides is 2. The molecule has 0 aliphatic carbocycles. The fourth-order valence-corrected chi connectivity index (χ4v) is 2.12. The average Bonchev–Trinajstić information content (AvgIpc) is 2.47. The minimum absolute atomic E-state index is 0.0207. The van der Waals surface area contributed by atoms with Crippen molar-refractivity contribution >= 4 is 23.5 Å². The lowest BCUT2D eigenvalue weighted by atomic mass is 10.1. The number of benzene rings is 1. The normalized spacial score (nSPS) is 12.1. The van der Waals surface area contributed by atoms with Crippen LogP contribution in [0.2, 0.25) is 5.02 Å². The van der Waals surface area contributed by atoms with Gasteiger partial charge in [0, 0.05) is 29.7 Å². The molecule has 0 bridgehead atoms. The molecule has 0 heterocycles. The van der Waals surface area contributed by atoms with Crippen molar-refractivity contribution in [1.82, 2.24) is 16.0 Å². The van der Waals surface area contributed by atoms with Crippen molar-refractivity contribution in [2.75, 3.05) is 13.6 Å². The minimum atomic E-state index is -2.93. The number of aliphatic imine (C=N–C) groups is 1. The highest BCUT2D eigenvalue weighted by Gasteiger charge is 2.14. The van der Waals surface area contributed by atoms with E-state index in [0.29, 0.717) is 16.5 Å². The predicted molar refractivity (Wildman–Crippen MR) is 94.2 cm³/mol. The van der Waals surface area contributed by atoms with Gasteiger partial charge >= 0.3 is 6.61 Å². The van der Waals surface area contributed by atoms with E-state index in [4.69, 9.17) is 11.6 Å². The molecule has 0 aliphatic heterocycles. The standard InChI is InChI=1S/C16H23ClF2N4O2/c1-16(2,3)23-13(24)9-22-15(20-4)21-8-10-7-11(17)5-6-12(10)25-14(18)19/h5-7,14H,8-9H2,1-4H3,(H,23,24)(H2,20,21,22). The summed E-state index contributed by atoms with van der Waals surface area (Å²) >= 11 is 5.90. The lowest BCUT2D eigenvalue weighted by molar-refractivity contribution is -0.121. The molecule has 1 rings (SSSR count). The first kappa shape index (κ1) is 21.0. The topological polar surface area (TPSA) is 74.8 Å². The highest BCUT2D eigenvalue weighted by atomic mass is 35.5. The van der Waals surface area contributed by atoms with Crippen LogP contribution in [-0.2, 0) is 11.3 Å². The molecule has 0 saturated heterocycles. The zero-order valence-electron chi connectivity index (χ0n) is 14.6. The van der Waals surface area contributed by atoms with Crippen LogP contribution in [0.15, 0.2) is 23.2 Å². The molecule has 1 aromatic rings.